The molecule has 0 bridgehead atoms. The highest BCUT2D eigenvalue weighted by Gasteiger charge is 2.19. The molecule has 0 saturated carbocycles. The summed E-state index contributed by atoms with van der Waals surface area (Å²) in [6, 6.07) is 13.5. The summed E-state index contributed by atoms with van der Waals surface area (Å²) in [5.74, 6) is -0.344. The first-order chi connectivity index (χ1) is 16.1. The lowest BCUT2D eigenvalue weighted by Crippen LogP contribution is -2.35. The summed E-state index contributed by atoms with van der Waals surface area (Å²) in [4.78, 5) is 26.6. The number of carbonyl (C=O) groups is 2. The maximum absolute atomic E-state index is 12.8. The number of nitrogens with one attached hydrogen (secondary N) is 1. The van der Waals surface area contributed by atoms with Crippen LogP contribution in [0.5, 0.6) is 0 Å². The number of amides is 1. The van der Waals surface area contributed by atoms with Gasteiger partial charge in [0.25, 0.3) is 5.91 Å². The van der Waals surface area contributed by atoms with E-state index in [1.54, 1.807) is 0 Å². The second-order valence-corrected chi connectivity index (χ2v) is 8.58. The van der Waals surface area contributed by atoms with Crippen molar-refractivity contribution >= 4 is 23.8 Å². The second-order valence-electron chi connectivity index (χ2n) is 8.58. The zero-order valence-electron chi connectivity index (χ0n) is 19.3. The lowest BCUT2D eigenvalue weighted by atomic mass is 9.99. The van der Waals surface area contributed by atoms with Crippen LogP contribution in [0.15, 0.2) is 47.6 Å². The van der Waals surface area contributed by atoms with Crippen molar-refractivity contribution in [2.75, 3.05) is 38.1 Å². The number of nitrogens with zero attached hydrogens (tertiary/aromatic N) is 3. The Labute approximate surface area is 195 Å². The minimum Gasteiger partial charge on any atom is -0.465 e. The van der Waals surface area contributed by atoms with Crippen LogP contribution in [0.4, 0.5) is 5.69 Å². The third kappa shape index (κ3) is 6.42. The monoisotopic (exact) mass is 448 g/mol. The standard InChI is InChI=1S/C26H32N4O3/c1-2-33-25(31)19-29-15-12-21-10-11-24(16-23(21)18-29)28-26(32)22-8-6-20(7-9-22)17-27-30-13-4-3-5-14-30/h6-11,16-17H,2-5,12-15,18-19H2,1H3,(H,28,32)/b27-17+. The van der Waals surface area contributed by atoms with Crippen LogP contribution in [-0.4, -0.2) is 60.8 Å². The number of carbonyl (C=O) groups excluding carboxylic acids is 2. The molecule has 0 aromatic heterocycles. The van der Waals surface area contributed by atoms with Crippen LogP contribution in [0.1, 0.15) is 53.2 Å². The van der Waals surface area contributed by atoms with Crippen LogP contribution in [0, 0.1) is 0 Å². The zero-order chi connectivity index (χ0) is 23.0. The minimum atomic E-state index is -0.199. The molecule has 2 aliphatic heterocycles. The summed E-state index contributed by atoms with van der Waals surface area (Å²) < 4.78 is 5.06. The predicted molar refractivity (Wildman–Crippen MR) is 129 cm³/mol. The molecule has 33 heavy (non-hydrogen) atoms. The lowest BCUT2D eigenvalue weighted by molar-refractivity contribution is -0.144. The molecule has 0 spiro atoms. The van der Waals surface area contributed by atoms with Crippen LogP contribution < -0.4 is 5.32 Å². The normalized spacial score (nSPS) is 16.5. The summed E-state index contributed by atoms with van der Waals surface area (Å²) in [7, 11) is 0. The molecule has 2 heterocycles. The molecular formula is C26H32N4O3. The van der Waals surface area contributed by atoms with E-state index in [1.165, 1.54) is 24.8 Å². The number of hydrazone groups is 1. The average molecular weight is 449 g/mol. The van der Waals surface area contributed by atoms with Crippen LogP contribution in [0.2, 0.25) is 0 Å². The predicted octanol–water partition coefficient (Wildman–Crippen LogP) is 3.68. The summed E-state index contributed by atoms with van der Waals surface area (Å²) in [6.07, 6.45) is 6.42. The maximum Gasteiger partial charge on any atom is 0.320 e. The molecular weight excluding hydrogens is 416 g/mol. The number of esters is 1. The molecule has 0 unspecified atom stereocenters. The Morgan fingerprint density at radius 3 is 2.58 bits per heavy atom. The molecule has 2 aliphatic rings. The van der Waals surface area contributed by atoms with Gasteiger partial charge >= 0.3 is 5.97 Å². The summed E-state index contributed by atoms with van der Waals surface area (Å²) in [5, 5.41) is 9.65. The highest BCUT2D eigenvalue weighted by Crippen LogP contribution is 2.23. The highest BCUT2D eigenvalue weighted by atomic mass is 16.5. The van der Waals surface area contributed by atoms with E-state index in [-0.39, 0.29) is 18.4 Å². The third-order valence-electron chi connectivity index (χ3n) is 6.09. The second kappa shape index (κ2) is 11.1. The van der Waals surface area contributed by atoms with E-state index >= 15 is 0 Å². The van der Waals surface area contributed by atoms with Gasteiger partial charge in [0.2, 0.25) is 0 Å². The molecule has 7 heteroatoms. The number of piperidine rings is 1. The van der Waals surface area contributed by atoms with Gasteiger partial charge in [0.1, 0.15) is 0 Å². The van der Waals surface area contributed by atoms with Crippen molar-refractivity contribution in [3.63, 3.8) is 0 Å². The first kappa shape index (κ1) is 23.0. The first-order valence-corrected chi connectivity index (χ1v) is 11.8. The Kier molecular flexibility index (Phi) is 7.73. The number of hydrogen-bond acceptors (Lipinski definition) is 6. The van der Waals surface area contributed by atoms with E-state index in [0.29, 0.717) is 18.7 Å². The molecule has 0 aliphatic carbocycles. The van der Waals surface area contributed by atoms with Crippen LogP contribution >= 0.6 is 0 Å². The van der Waals surface area contributed by atoms with E-state index in [9.17, 15) is 9.59 Å². The Hall–Kier alpha value is -3.19. The van der Waals surface area contributed by atoms with Crippen molar-refractivity contribution in [1.82, 2.24) is 9.91 Å². The molecule has 1 N–H and O–H groups in total. The van der Waals surface area contributed by atoms with E-state index in [4.69, 9.17) is 4.74 Å². The largest absolute Gasteiger partial charge is 0.465 e. The number of fused-ring (bicyclic) bond motifs is 1. The fourth-order valence-corrected chi connectivity index (χ4v) is 4.28. The summed E-state index contributed by atoms with van der Waals surface area (Å²) in [5.41, 5.74) is 4.73. The van der Waals surface area contributed by atoms with Gasteiger partial charge in [-0.25, -0.2) is 0 Å². The van der Waals surface area contributed by atoms with E-state index < -0.39 is 0 Å². The molecule has 1 amide bonds. The Morgan fingerprint density at radius 2 is 1.82 bits per heavy atom. The number of anilines is 1. The van der Waals surface area contributed by atoms with Crippen molar-refractivity contribution in [2.24, 2.45) is 5.10 Å². The van der Waals surface area contributed by atoms with Crippen molar-refractivity contribution in [2.45, 2.75) is 39.2 Å². The fourth-order valence-electron chi connectivity index (χ4n) is 4.28. The number of ether oxygens (including phenoxy) is 1. The first-order valence-electron chi connectivity index (χ1n) is 11.8. The van der Waals surface area contributed by atoms with Crippen molar-refractivity contribution < 1.29 is 14.3 Å². The van der Waals surface area contributed by atoms with Gasteiger partial charge in [-0.2, -0.15) is 5.10 Å². The molecule has 2 aromatic rings. The Balaban J connectivity index is 1.35. The van der Waals surface area contributed by atoms with Gasteiger partial charge < -0.3 is 10.1 Å². The number of rotatable bonds is 7. The van der Waals surface area contributed by atoms with Gasteiger partial charge in [-0.1, -0.05) is 18.2 Å². The van der Waals surface area contributed by atoms with Gasteiger partial charge in [-0.15, -0.1) is 0 Å². The molecule has 1 fully saturated rings. The molecule has 1 saturated heterocycles. The smallest absolute Gasteiger partial charge is 0.320 e. The average Bonchev–Trinajstić information content (AvgIpc) is 2.83. The molecule has 174 valence electrons. The fraction of sp³-hybridized carbons (Fsp3) is 0.423. The quantitative estimate of drug-likeness (QED) is 0.517. The van der Waals surface area contributed by atoms with E-state index in [2.05, 4.69) is 26.4 Å². The number of benzene rings is 2. The van der Waals surface area contributed by atoms with Crippen LogP contribution in [0.25, 0.3) is 0 Å². The Morgan fingerprint density at radius 1 is 1.03 bits per heavy atom. The molecule has 7 nitrogen and oxygen atoms in total. The Bertz CT molecular complexity index is 997. The topological polar surface area (TPSA) is 74.2 Å². The summed E-state index contributed by atoms with van der Waals surface area (Å²) in [6.45, 7) is 6.02. The lowest BCUT2D eigenvalue weighted by Gasteiger charge is -2.28. The van der Waals surface area contributed by atoms with Crippen LogP contribution in [-0.2, 0) is 22.5 Å². The summed E-state index contributed by atoms with van der Waals surface area (Å²) >= 11 is 0. The van der Waals surface area contributed by atoms with E-state index in [0.717, 1.165) is 42.9 Å². The van der Waals surface area contributed by atoms with Gasteiger partial charge in [-0.3, -0.25) is 19.5 Å². The zero-order valence-corrected chi connectivity index (χ0v) is 19.3. The minimum absolute atomic E-state index is 0.145. The number of hydrogen-bond donors (Lipinski definition) is 1. The van der Waals surface area contributed by atoms with Gasteiger partial charge in [-0.05, 0) is 73.6 Å². The van der Waals surface area contributed by atoms with Crippen molar-refractivity contribution in [3.05, 3.63) is 64.7 Å². The van der Waals surface area contributed by atoms with E-state index in [1.807, 2.05) is 49.5 Å². The highest BCUT2D eigenvalue weighted by molar-refractivity contribution is 6.04. The van der Waals surface area contributed by atoms with Crippen LogP contribution in [0.3, 0.4) is 0 Å². The molecule has 0 radical (unpaired) electrons. The van der Waals surface area contributed by atoms with Crippen molar-refractivity contribution in [1.29, 1.82) is 0 Å². The SMILES string of the molecule is CCOC(=O)CN1CCc2ccc(NC(=O)c3ccc(/C=N/N4CCCCC4)cc3)cc2C1. The van der Waals surface area contributed by atoms with Gasteiger partial charge in [0, 0.05) is 37.4 Å². The third-order valence-corrected chi connectivity index (χ3v) is 6.09. The van der Waals surface area contributed by atoms with Gasteiger partial charge in [0.15, 0.2) is 0 Å². The molecule has 0 atom stereocenters. The van der Waals surface area contributed by atoms with Gasteiger partial charge in [0.05, 0.1) is 19.4 Å². The van der Waals surface area contributed by atoms with Crippen molar-refractivity contribution in [3.8, 4) is 0 Å². The molecule has 2 aromatic carbocycles. The molecule has 4 rings (SSSR count). The maximum atomic E-state index is 12.8.